The maximum Gasteiger partial charge on any atom is 0.245 e. The van der Waals surface area contributed by atoms with Gasteiger partial charge in [0.2, 0.25) is 11.8 Å². The molecule has 4 atom stereocenters. The number of carbonyl (C=O) groups is 2. The monoisotopic (exact) mass is 390 g/mol. The van der Waals surface area contributed by atoms with E-state index >= 15 is 0 Å². The molecule has 0 aromatic rings. The summed E-state index contributed by atoms with van der Waals surface area (Å²) in [5, 5.41) is 0. The quantitative estimate of drug-likeness (QED) is 0.651. The topological polar surface area (TPSA) is 40.6 Å². The Morgan fingerprint density at radius 1 is 0.818 bits per heavy atom. The van der Waals surface area contributed by atoms with Crippen LogP contribution in [-0.2, 0) is 9.59 Å². The van der Waals surface area contributed by atoms with Gasteiger partial charge in [0, 0.05) is 14.1 Å². The van der Waals surface area contributed by atoms with Crippen molar-refractivity contribution in [2.75, 3.05) is 14.1 Å². The molecule has 2 amide bonds. The average molecular weight is 392 g/mol. The first-order chi connectivity index (χ1) is 10.1. The normalized spacial score (nSPS) is 26.1. The third kappa shape index (κ3) is 4.56. The zero-order valence-electron chi connectivity index (χ0n) is 13.1. The molecule has 0 bridgehead atoms. The Kier molecular flexibility index (Phi) is 7.58. The Balaban J connectivity index is 2.88. The van der Waals surface area contributed by atoms with Gasteiger partial charge in [0.25, 0.3) is 0 Å². The van der Waals surface area contributed by atoms with Crippen LogP contribution in [0.25, 0.3) is 0 Å². The fourth-order valence-electron chi connectivity index (χ4n) is 2.54. The van der Waals surface area contributed by atoms with E-state index in [9.17, 15) is 9.59 Å². The highest BCUT2D eigenvalue weighted by Crippen LogP contribution is 2.29. The molecule has 1 rings (SSSR count). The van der Waals surface area contributed by atoms with Gasteiger partial charge in [0.15, 0.2) is 0 Å². The lowest BCUT2D eigenvalue weighted by Crippen LogP contribution is -2.63. The van der Waals surface area contributed by atoms with Crippen LogP contribution in [0.2, 0.25) is 0 Å². The lowest BCUT2D eigenvalue weighted by Gasteiger charge is -2.43. The number of hydrogen-bond acceptors (Lipinski definition) is 2. The van der Waals surface area contributed by atoms with Crippen molar-refractivity contribution in [3.63, 3.8) is 0 Å². The van der Waals surface area contributed by atoms with Crippen molar-refractivity contribution in [2.45, 2.75) is 48.4 Å². The minimum Gasteiger partial charge on any atom is -0.332 e. The van der Waals surface area contributed by atoms with Crippen molar-refractivity contribution in [1.82, 2.24) is 9.80 Å². The minimum atomic E-state index is -0.576. The van der Waals surface area contributed by atoms with E-state index in [1.807, 2.05) is 13.8 Å². The van der Waals surface area contributed by atoms with E-state index in [1.54, 1.807) is 14.1 Å². The molecule has 1 aliphatic heterocycles. The van der Waals surface area contributed by atoms with Gasteiger partial charge in [-0.2, -0.15) is 0 Å². The van der Waals surface area contributed by atoms with Gasteiger partial charge in [-0.15, -0.1) is 46.4 Å². The molecule has 1 fully saturated rings. The van der Waals surface area contributed by atoms with Gasteiger partial charge in [0.1, 0.15) is 21.8 Å². The Hall–Kier alpha value is 0.1000. The summed E-state index contributed by atoms with van der Waals surface area (Å²) in [5.74, 6) is -0.403. The molecule has 2 unspecified atom stereocenters. The second kappa shape index (κ2) is 8.27. The smallest absolute Gasteiger partial charge is 0.245 e. The van der Waals surface area contributed by atoms with Gasteiger partial charge in [-0.3, -0.25) is 9.59 Å². The SMILES string of the molecule is C[C@H](CC1C(=O)N(C)C(C[C@H](C)C(Cl)Cl)C(=O)N1C)C(Cl)Cl. The third-order valence-corrected chi connectivity index (χ3v) is 5.97. The molecule has 1 heterocycles. The molecule has 1 saturated heterocycles. The number of nitrogens with zero attached hydrogens (tertiary/aromatic N) is 2. The van der Waals surface area contributed by atoms with Crippen LogP contribution in [0.3, 0.4) is 0 Å². The van der Waals surface area contributed by atoms with E-state index in [-0.39, 0.29) is 23.7 Å². The molecule has 4 nitrogen and oxygen atoms in total. The summed E-state index contributed by atoms with van der Waals surface area (Å²) in [4.78, 5) is 27.0. The molecule has 0 spiro atoms. The maximum absolute atomic E-state index is 12.6. The molecule has 0 aliphatic carbocycles. The highest BCUT2D eigenvalue weighted by molar-refractivity contribution is 6.44. The van der Waals surface area contributed by atoms with Crippen molar-refractivity contribution in [1.29, 1.82) is 0 Å². The van der Waals surface area contributed by atoms with Crippen molar-refractivity contribution in [3.05, 3.63) is 0 Å². The Bertz CT molecular complexity index is 382. The molecule has 0 aromatic heterocycles. The van der Waals surface area contributed by atoms with Crippen molar-refractivity contribution in [3.8, 4) is 0 Å². The molecule has 128 valence electrons. The number of amides is 2. The van der Waals surface area contributed by atoms with E-state index < -0.39 is 21.8 Å². The average Bonchev–Trinajstić information content (AvgIpc) is 2.45. The lowest BCUT2D eigenvalue weighted by atomic mass is 9.93. The van der Waals surface area contributed by atoms with Gasteiger partial charge in [0.05, 0.1) is 0 Å². The van der Waals surface area contributed by atoms with Gasteiger partial charge in [-0.05, 0) is 24.7 Å². The summed E-state index contributed by atoms with van der Waals surface area (Å²) >= 11 is 23.4. The van der Waals surface area contributed by atoms with E-state index in [1.165, 1.54) is 9.80 Å². The number of rotatable bonds is 6. The first-order valence-corrected chi connectivity index (χ1v) is 8.92. The van der Waals surface area contributed by atoms with Gasteiger partial charge in [-0.1, -0.05) is 13.8 Å². The molecular formula is C14H22Cl4N2O2. The first-order valence-electron chi connectivity index (χ1n) is 7.17. The van der Waals surface area contributed by atoms with E-state index in [4.69, 9.17) is 46.4 Å². The molecule has 0 N–H and O–H groups in total. The predicted octanol–water partition coefficient (Wildman–Crippen LogP) is 3.31. The number of halogens is 4. The summed E-state index contributed by atoms with van der Waals surface area (Å²) in [6.07, 6.45) is 0.859. The lowest BCUT2D eigenvalue weighted by molar-refractivity contribution is -0.159. The number of alkyl halides is 4. The third-order valence-electron chi connectivity index (χ3n) is 4.25. The zero-order chi connectivity index (χ0) is 17.2. The van der Waals surface area contributed by atoms with Crippen molar-refractivity contribution < 1.29 is 9.59 Å². The second-order valence-corrected chi connectivity index (χ2v) is 8.35. The Morgan fingerprint density at radius 3 is 1.32 bits per heavy atom. The number of piperazine rings is 1. The van der Waals surface area contributed by atoms with Crippen LogP contribution in [0.4, 0.5) is 0 Å². The fourth-order valence-corrected chi connectivity index (χ4v) is 2.95. The van der Waals surface area contributed by atoms with E-state index in [0.717, 1.165) is 0 Å². The van der Waals surface area contributed by atoms with Crippen LogP contribution in [0.5, 0.6) is 0 Å². The van der Waals surface area contributed by atoms with Crippen LogP contribution < -0.4 is 0 Å². The largest absolute Gasteiger partial charge is 0.332 e. The maximum atomic E-state index is 12.6. The van der Waals surface area contributed by atoms with Crippen molar-refractivity contribution >= 4 is 58.2 Å². The number of carbonyl (C=O) groups excluding carboxylic acids is 2. The summed E-state index contributed by atoms with van der Waals surface area (Å²) in [6.45, 7) is 3.71. The minimum absolute atomic E-state index is 0.0912. The standard InChI is InChI=1S/C14H22Cl4N2O2/c1-7(11(15)16)5-9-13(21)20(4)10(14(22)19(9)3)6-8(2)12(17)18/h7-12H,5-6H2,1-4H3/t7-,8+,9?,10?. The van der Waals surface area contributed by atoms with E-state index in [2.05, 4.69) is 0 Å². The molecule has 0 saturated carbocycles. The zero-order valence-corrected chi connectivity index (χ0v) is 16.1. The first kappa shape index (κ1) is 20.1. The molecular weight excluding hydrogens is 370 g/mol. The molecule has 22 heavy (non-hydrogen) atoms. The molecule has 1 aliphatic rings. The summed E-state index contributed by atoms with van der Waals surface area (Å²) < 4.78 is 0. The van der Waals surface area contributed by atoms with Crippen LogP contribution >= 0.6 is 46.4 Å². The Morgan fingerprint density at radius 2 is 1.09 bits per heavy atom. The van der Waals surface area contributed by atoms with Gasteiger partial charge in [-0.25, -0.2) is 0 Å². The number of hydrogen-bond donors (Lipinski definition) is 0. The van der Waals surface area contributed by atoms with Gasteiger partial charge >= 0.3 is 0 Å². The predicted molar refractivity (Wildman–Crippen MR) is 91.7 cm³/mol. The van der Waals surface area contributed by atoms with Crippen LogP contribution in [-0.4, -0.2) is 57.5 Å². The van der Waals surface area contributed by atoms with Crippen LogP contribution in [0, 0.1) is 11.8 Å². The summed E-state index contributed by atoms with van der Waals surface area (Å²) in [5.41, 5.74) is 0. The Labute approximate surface area is 152 Å². The van der Waals surface area contributed by atoms with Gasteiger partial charge < -0.3 is 9.80 Å². The second-order valence-electron chi connectivity index (χ2n) is 6.02. The van der Waals surface area contributed by atoms with Crippen molar-refractivity contribution in [2.24, 2.45) is 11.8 Å². The van der Waals surface area contributed by atoms with Crippen LogP contribution in [0.1, 0.15) is 26.7 Å². The number of likely N-dealkylation sites (N-methyl/N-ethyl adjacent to an activating group) is 2. The molecule has 8 heteroatoms. The highest BCUT2D eigenvalue weighted by atomic mass is 35.5. The summed E-state index contributed by atoms with van der Waals surface area (Å²) in [6, 6.07) is -1.08. The van der Waals surface area contributed by atoms with Crippen LogP contribution in [0.15, 0.2) is 0 Å². The highest BCUT2D eigenvalue weighted by Gasteiger charge is 2.43. The van der Waals surface area contributed by atoms with E-state index in [0.29, 0.717) is 12.8 Å². The fraction of sp³-hybridized carbons (Fsp3) is 0.857. The molecule has 0 radical (unpaired) electrons. The molecule has 0 aromatic carbocycles. The summed E-state index contributed by atoms with van der Waals surface area (Å²) in [7, 11) is 3.28.